The van der Waals surface area contributed by atoms with Crippen LogP contribution in [-0.2, 0) is 11.3 Å². The minimum atomic E-state index is -0.0306. The van der Waals surface area contributed by atoms with E-state index < -0.39 is 0 Å². The van der Waals surface area contributed by atoms with Crippen molar-refractivity contribution in [3.05, 3.63) is 56.7 Å². The molecule has 2 aromatic rings. The molecule has 2 N–H and O–H groups in total. The highest BCUT2D eigenvalue weighted by molar-refractivity contribution is 9.10. The van der Waals surface area contributed by atoms with Crippen LogP contribution >= 0.6 is 27.3 Å². The van der Waals surface area contributed by atoms with Gasteiger partial charge in [-0.15, -0.1) is 11.3 Å². The topological polar surface area (TPSA) is 46.3 Å². The first-order chi connectivity index (χ1) is 9.54. The lowest BCUT2D eigenvalue weighted by atomic mass is 10.2. The molecule has 3 nitrogen and oxygen atoms in total. The van der Waals surface area contributed by atoms with Gasteiger partial charge in [-0.3, -0.25) is 4.79 Å². The van der Waals surface area contributed by atoms with Crippen molar-refractivity contribution in [3.8, 4) is 0 Å². The maximum absolute atomic E-state index is 12.0. The predicted molar refractivity (Wildman–Crippen MR) is 88.4 cm³/mol. The molecule has 104 valence electrons. The fraction of sp³-hybridized carbons (Fsp3) is 0.133. The summed E-state index contributed by atoms with van der Waals surface area (Å²) in [6.07, 6.45) is 3.34. The number of carbonyl (C=O) groups excluding carboxylic acids is 1. The van der Waals surface area contributed by atoms with E-state index >= 15 is 0 Å². The van der Waals surface area contributed by atoms with E-state index in [0.717, 1.165) is 14.9 Å². The van der Waals surface area contributed by atoms with E-state index in [9.17, 15) is 4.79 Å². The number of thiophene rings is 1. The summed E-state index contributed by atoms with van der Waals surface area (Å²) in [5.41, 5.74) is 7.31. The van der Waals surface area contributed by atoms with Crippen LogP contribution in [0.4, 0.5) is 5.69 Å². The fourth-order valence-corrected chi connectivity index (χ4v) is 3.21. The van der Waals surface area contributed by atoms with Gasteiger partial charge in [-0.1, -0.05) is 12.1 Å². The SMILES string of the molecule is CN(Cc1cc(Br)cs1)C(=O)/C=C/c1cccc(N)c1. The average Bonchev–Trinajstić information content (AvgIpc) is 2.81. The number of likely N-dealkylation sites (N-methyl/N-ethyl adjacent to an activating group) is 1. The van der Waals surface area contributed by atoms with E-state index in [1.165, 1.54) is 0 Å². The second-order valence-corrected chi connectivity index (χ2v) is 6.34. The van der Waals surface area contributed by atoms with Crippen molar-refractivity contribution in [2.45, 2.75) is 6.54 Å². The molecule has 0 unspecified atom stereocenters. The van der Waals surface area contributed by atoms with Gasteiger partial charge in [0.2, 0.25) is 5.91 Å². The second-order valence-electron chi connectivity index (χ2n) is 4.43. The first kappa shape index (κ1) is 14.8. The normalized spacial score (nSPS) is 10.9. The second kappa shape index (κ2) is 6.72. The number of hydrogen-bond donors (Lipinski definition) is 1. The van der Waals surface area contributed by atoms with E-state index in [1.54, 1.807) is 35.4 Å². The quantitative estimate of drug-likeness (QED) is 0.673. The van der Waals surface area contributed by atoms with Crippen molar-refractivity contribution >= 4 is 44.9 Å². The lowest BCUT2D eigenvalue weighted by Gasteiger charge is -2.13. The summed E-state index contributed by atoms with van der Waals surface area (Å²) in [5, 5.41) is 2.01. The number of benzene rings is 1. The zero-order valence-electron chi connectivity index (χ0n) is 11.0. The van der Waals surface area contributed by atoms with Gasteiger partial charge in [-0.05, 0) is 45.8 Å². The van der Waals surface area contributed by atoms with Crippen LogP contribution in [0, 0.1) is 0 Å². The zero-order chi connectivity index (χ0) is 14.5. The molecule has 5 heteroatoms. The molecule has 2 rings (SSSR count). The Morgan fingerprint density at radius 2 is 2.25 bits per heavy atom. The van der Waals surface area contributed by atoms with Crippen LogP contribution in [0.25, 0.3) is 6.08 Å². The maximum atomic E-state index is 12.0. The monoisotopic (exact) mass is 350 g/mol. The van der Waals surface area contributed by atoms with Gasteiger partial charge in [0.15, 0.2) is 0 Å². The molecule has 20 heavy (non-hydrogen) atoms. The largest absolute Gasteiger partial charge is 0.399 e. The molecule has 1 amide bonds. The van der Waals surface area contributed by atoms with Crippen LogP contribution < -0.4 is 5.73 Å². The van der Waals surface area contributed by atoms with E-state index in [4.69, 9.17) is 5.73 Å². The number of rotatable bonds is 4. The highest BCUT2D eigenvalue weighted by atomic mass is 79.9. The molecule has 0 atom stereocenters. The van der Waals surface area contributed by atoms with Crippen LogP contribution in [0.5, 0.6) is 0 Å². The van der Waals surface area contributed by atoms with E-state index in [-0.39, 0.29) is 5.91 Å². The Morgan fingerprint density at radius 1 is 1.45 bits per heavy atom. The standard InChI is InChI=1S/C15H15BrN2OS/c1-18(9-14-8-12(16)10-20-14)15(19)6-5-11-3-2-4-13(17)7-11/h2-8,10H,9,17H2,1H3/b6-5+. The molecule has 0 aliphatic rings. The number of hydrogen-bond acceptors (Lipinski definition) is 3. The zero-order valence-corrected chi connectivity index (χ0v) is 13.4. The minimum absolute atomic E-state index is 0.0306. The van der Waals surface area contributed by atoms with Gasteiger partial charge in [0.1, 0.15) is 0 Å². The molecule has 1 heterocycles. The summed E-state index contributed by atoms with van der Waals surface area (Å²) in [7, 11) is 1.79. The van der Waals surface area contributed by atoms with Crippen molar-refractivity contribution in [2.24, 2.45) is 0 Å². The Bertz CT molecular complexity index is 636. The van der Waals surface area contributed by atoms with Crippen LogP contribution in [-0.4, -0.2) is 17.9 Å². The first-order valence-corrected chi connectivity index (χ1v) is 7.73. The Kier molecular flexibility index (Phi) is 4.98. The highest BCUT2D eigenvalue weighted by Crippen LogP contribution is 2.20. The van der Waals surface area contributed by atoms with E-state index in [0.29, 0.717) is 12.2 Å². The van der Waals surface area contributed by atoms with Gasteiger partial charge in [0, 0.05) is 33.5 Å². The third-order valence-electron chi connectivity index (χ3n) is 2.72. The van der Waals surface area contributed by atoms with Crippen molar-refractivity contribution in [1.82, 2.24) is 4.90 Å². The van der Waals surface area contributed by atoms with Gasteiger partial charge >= 0.3 is 0 Å². The highest BCUT2D eigenvalue weighted by Gasteiger charge is 2.07. The predicted octanol–water partition coefficient (Wildman–Crippen LogP) is 3.76. The lowest BCUT2D eigenvalue weighted by Crippen LogP contribution is -2.23. The maximum Gasteiger partial charge on any atom is 0.246 e. The summed E-state index contributed by atoms with van der Waals surface area (Å²) in [6, 6.07) is 9.46. The minimum Gasteiger partial charge on any atom is -0.399 e. The molecule has 0 radical (unpaired) electrons. The Hall–Kier alpha value is -1.59. The number of nitrogens with zero attached hydrogens (tertiary/aromatic N) is 1. The van der Waals surface area contributed by atoms with Crippen molar-refractivity contribution < 1.29 is 4.79 Å². The van der Waals surface area contributed by atoms with Gasteiger partial charge in [0.05, 0.1) is 6.54 Å². The molecule has 0 aliphatic heterocycles. The van der Waals surface area contributed by atoms with Crippen LogP contribution in [0.1, 0.15) is 10.4 Å². The number of nitrogen functional groups attached to an aromatic ring is 1. The number of halogens is 1. The Labute approximate surface area is 130 Å². The lowest BCUT2D eigenvalue weighted by molar-refractivity contribution is -0.125. The molecule has 0 fully saturated rings. The van der Waals surface area contributed by atoms with E-state index in [1.807, 2.05) is 35.7 Å². The van der Waals surface area contributed by atoms with Crippen LogP contribution in [0.15, 0.2) is 46.3 Å². The molecule has 0 saturated heterocycles. The number of carbonyl (C=O) groups is 1. The molecule has 0 saturated carbocycles. The summed E-state index contributed by atoms with van der Waals surface area (Å²) in [6.45, 7) is 0.608. The summed E-state index contributed by atoms with van der Waals surface area (Å²) in [4.78, 5) is 14.8. The average molecular weight is 351 g/mol. The number of amides is 1. The molecule has 1 aromatic heterocycles. The third-order valence-corrected chi connectivity index (χ3v) is 4.40. The van der Waals surface area contributed by atoms with Crippen molar-refractivity contribution in [1.29, 1.82) is 0 Å². The van der Waals surface area contributed by atoms with Crippen molar-refractivity contribution in [3.63, 3.8) is 0 Å². The first-order valence-electron chi connectivity index (χ1n) is 6.06. The molecular formula is C15H15BrN2OS. The number of nitrogens with two attached hydrogens (primary N) is 1. The Morgan fingerprint density at radius 3 is 2.90 bits per heavy atom. The fourth-order valence-electron chi connectivity index (χ4n) is 1.71. The third kappa shape index (κ3) is 4.21. The van der Waals surface area contributed by atoms with Gasteiger partial charge in [-0.25, -0.2) is 0 Å². The molecule has 0 bridgehead atoms. The smallest absolute Gasteiger partial charge is 0.246 e. The molecular weight excluding hydrogens is 336 g/mol. The summed E-state index contributed by atoms with van der Waals surface area (Å²) < 4.78 is 1.05. The van der Waals surface area contributed by atoms with Gasteiger partial charge in [-0.2, -0.15) is 0 Å². The molecule has 0 aliphatic carbocycles. The van der Waals surface area contributed by atoms with Crippen LogP contribution in [0.2, 0.25) is 0 Å². The van der Waals surface area contributed by atoms with Gasteiger partial charge in [0.25, 0.3) is 0 Å². The summed E-state index contributed by atoms with van der Waals surface area (Å²) >= 11 is 5.04. The van der Waals surface area contributed by atoms with Gasteiger partial charge < -0.3 is 10.6 Å². The molecule has 0 spiro atoms. The van der Waals surface area contributed by atoms with Crippen LogP contribution in [0.3, 0.4) is 0 Å². The van der Waals surface area contributed by atoms with Crippen molar-refractivity contribution in [2.75, 3.05) is 12.8 Å². The molecule has 1 aromatic carbocycles. The number of anilines is 1. The van der Waals surface area contributed by atoms with E-state index in [2.05, 4.69) is 15.9 Å². The summed E-state index contributed by atoms with van der Waals surface area (Å²) in [5.74, 6) is -0.0306. The Balaban J connectivity index is 1.97.